The monoisotopic (exact) mass is 341 g/mol. The number of rotatable bonds is 3. The van der Waals surface area contributed by atoms with E-state index in [0.717, 1.165) is 39.1 Å². The lowest BCUT2D eigenvalue weighted by atomic mass is 9.77. The Kier molecular flexibility index (Phi) is 4.83. The van der Waals surface area contributed by atoms with Gasteiger partial charge >= 0.3 is 0 Å². The zero-order valence-electron chi connectivity index (χ0n) is 15.4. The molecule has 136 valence electrons. The van der Waals surface area contributed by atoms with Gasteiger partial charge in [-0.15, -0.1) is 0 Å². The molecule has 3 aliphatic rings. The number of hydrogen-bond acceptors (Lipinski definition) is 3. The van der Waals surface area contributed by atoms with Crippen molar-refractivity contribution in [2.24, 2.45) is 0 Å². The summed E-state index contributed by atoms with van der Waals surface area (Å²) in [5.41, 5.74) is 1.27. The van der Waals surface area contributed by atoms with E-state index in [1.54, 1.807) is 0 Å². The molecule has 2 atom stereocenters. The van der Waals surface area contributed by atoms with Crippen LogP contribution in [0.1, 0.15) is 56.9 Å². The van der Waals surface area contributed by atoms with E-state index in [1.807, 2.05) is 0 Å². The summed E-state index contributed by atoms with van der Waals surface area (Å²) in [5.74, 6) is 0.918. The van der Waals surface area contributed by atoms with Crippen molar-refractivity contribution >= 4 is 5.91 Å². The predicted molar refractivity (Wildman–Crippen MR) is 100 cm³/mol. The summed E-state index contributed by atoms with van der Waals surface area (Å²) >= 11 is 0. The van der Waals surface area contributed by atoms with Crippen molar-refractivity contribution in [1.29, 1.82) is 0 Å². The Bertz CT molecular complexity index is 594. The highest BCUT2D eigenvalue weighted by atomic mass is 16.2. The first-order valence-corrected chi connectivity index (χ1v) is 10.1. The molecular weight excluding hydrogens is 310 g/mol. The number of benzene rings is 1. The van der Waals surface area contributed by atoms with Crippen LogP contribution in [-0.4, -0.2) is 53.6 Å². The van der Waals surface area contributed by atoms with E-state index >= 15 is 0 Å². The number of hydrogen-bond donors (Lipinski definition) is 1. The standard InChI is InChI=1S/C21H31N3O/c1-2-24-16-22-20(25)21(24)12-14-23(15-13-21)19-11-7-6-10-18(19)17-8-4-3-5-9-17/h3-5,8-9,18-19H,2,6-7,10-16H2,1H3,(H,22,25)/t18-,19-/m1/s1. The van der Waals surface area contributed by atoms with E-state index in [2.05, 4.69) is 52.4 Å². The molecule has 0 aromatic heterocycles. The van der Waals surface area contributed by atoms with Gasteiger partial charge in [-0.2, -0.15) is 0 Å². The van der Waals surface area contributed by atoms with Crippen LogP contribution in [0.25, 0.3) is 0 Å². The molecule has 25 heavy (non-hydrogen) atoms. The lowest BCUT2D eigenvalue weighted by Gasteiger charge is -2.47. The molecular formula is C21H31N3O. The van der Waals surface area contributed by atoms with Gasteiger partial charge < -0.3 is 5.32 Å². The molecule has 2 saturated heterocycles. The molecule has 0 radical (unpaired) electrons. The fourth-order valence-corrected chi connectivity index (χ4v) is 5.45. The van der Waals surface area contributed by atoms with Gasteiger partial charge in [0.05, 0.1) is 6.67 Å². The van der Waals surface area contributed by atoms with Gasteiger partial charge in [0.1, 0.15) is 5.54 Å². The van der Waals surface area contributed by atoms with Crippen LogP contribution in [0.15, 0.2) is 30.3 Å². The molecule has 2 aliphatic heterocycles. The predicted octanol–water partition coefficient (Wildman–Crippen LogP) is 2.96. The third-order valence-corrected chi connectivity index (χ3v) is 6.89. The molecule has 1 spiro atoms. The van der Waals surface area contributed by atoms with Crippen LogP contribution in [0, 0.1) is 0 Å². The van der Waals surface area contributed by atoms with E-state index in [-0.39, 0.29) is 11.4 Å². The molecule has 1 aromatic rings. The number of piperidine rings is 1. The first-order chi connectivity index (χ1) is 12.2. The smallest absolute Gasteiger partial charge is 0.241 e. The van der Waals surface area contributed by atoms with E-state index in [0.29, 0.717) is 12.0 Å². The van der Waals surface area contributed by atoms with Crippen LogP contribution in [0.4, 0.5) is 0 Å². The topological polar surface area (TPSA) is 35.6 Å². The highest BCUT2D eigenvalue weighted by Crippen LogP contribution is 2.40. The van der Waals surface area contributed by atoms with Crippen molar-refractivity contribution in [2.45, 2.75) is 62.9 Å². The maximum Gasteiger partial charge on any atom is 0.241 e. The zero-order valence-corrected chi connectivity index (χ0v) is 15.4. The molecule has 1 saturated carbocycles. The third kappa shape index (κ3) is 3.00. The quantitative estimate of drug-likeness (QED) is 0.918. The van der Waals surface area contributed by atoms with Gasteiger partial charge in [0, 0.05) is 19.1 Å². The highest BCUT2D eigenvalue weighted by Gasteiger charge is 2.50. The number of likely N-dealkylation sites (tertiary alicyclic amines) is 1. The normalized spacial score (nSPS) is 30.5. The Balaban J connectivity index is 1.48. The fraction of sp³-hybridized carbons (Fsp3) is 0.667. The van der Waals surface area contributed by atoms with Crippen LogP contribution in [0.2, 0.25) is 0 Å². The van der Waals surface area contributed by atoms with Gasteiger partial charge in [-0.1, -0.05) is 50.1 Å². The van der Waals surface area contributed by atoms with Gasteiger partial charge in [0.15, 0.2) is 0 Å². The minimum absolute atomic E-state index is 0.234. The van der Waals surface area contributed by atoms with Crippen LogP contribution in [0.5, 0.6) is 0 Å². The van der Waals surface area contributed by atoms with E-state index < -0.39 is 0 Å². The Labute approximate surface area is 151 Å². The maximum atomic E-state index is 12.5. The molecule has 2 heterocycles. The van der Waals surface area contributed by atoms with Crippen molar-refractivity contribution < 1.29 is 4.79 Å². The minimum Gasteiger partial charge on any atom is -0.342 e. The molecule has 1 amide bonds. The second-order valence-electron chi connectivity index (χ2n) is 7.96. The fourth-order valence-electron chi connectivity index (χ4n) is 5.45. The summed E-state index contributed by atoms with van der Waals surface area (Å²) in [7, 11) is 0. The average Bonchev–Trinajstić information content (AvgIpc) is 2.98. The van der Waals surface area contributed by atoms with Crippen molar-refractivity contribution in [1.82, 2.24) is 15.1 Å². The van der Waals surface area contributed by atoms with Gasteiger partial charge in [-0.25, -0.2) is 0 Å². The van der Waals surface area contributed by atoms with E-state index in [4.69, 9.17) is 0 Å². The Morgan fingerprint density at radius 3 is 2.56 bits per heavy atom. The number of nitrogens with one attached hydrogen (secondary N) is 1. The van der Waals surface area contributed by atoms with Crippen molar-refractivity contribution in [3.63, 3.8) is 0 Å². The SMILES string of the molecule is CCN1CNC(=O)C12CCN([C@@H]1CCCC[C@@H]1c1ccccc1)CC2. The van der Waals surface area contributed by atoms with E-state index in [9.17, 15) is 4.79 Å². The minimum atomic E-state index is -0.234. The van der Waals surface area contributed by atoms with Crippen LogP contribution >= 0.6 is 0 Å². The number of amides is 1. The summed E-state index contributed by atoms with van der Waals surface area (Å²) < 4.78 is 0. The highest BCUT2D eigenvalue weighted by molar-refractivity contribution is 5.88. The summed E-state index contributed by atoms with van der Waals surface area (Å²) in [4.78, 5) is 17.6. The number of likely N-dealkylation sites (N-methyl/N-ethyl adjacent to an activating group) is 1. The van der Waals surface area contributed by atoms with Crippen molar-refractivity contribution in [3.05, 3.63) is 35.9 Å². The Morgan fingerprint density at radius 1 is 1.12 bits per heavy atom. The second-order valence-corrected chi connectivity index (χ2v) is 7.96. The molecule has 1 N–H and O–H groups in total. The molecule has 0 bridgehead atoms. The summed E-state index contributed by atoms with van der Waals surface area (Å²) in [6.07, 6.45) is 7.25. The largest absolute Gasteiger partial charge is 0.342 e. The van der Waals surface area contributed by atoms with Gasteiger partial charge in [0.2, 0.25) is 5.91 Å². The van der Waals surface area contributed by atoms with Gasteiger partial charge in [-0.05, 0) is 43.7 Å². The summed E-state index contributed by atoms with van der Waals surface area (Å²) in [6.45, 7) is 5.96. The Morgan fingerprint density at radius 2 is 1.84 bits per heavy atom. The van der Waals surface area contributed by atoms with E-state index in [1.165, 1.54) is 31.2 Å². The van der Waals surface area contributed by atoms with Crippen molar-refractivity contribution in [2.75, 3.05) is 26.3 Å². The molecule has 3 fully saturated rings. The number of nitrogens with zero attached hydrogens (tertiary/aromatic N) is 2. The van der Waals surface area contributed by atoms with Crippen LogP contribution < -0.4 is 5.32 Å². The average molecular weight is 341 g/mol. The third-order valence-electron chi connectivity index (χ3n) is 6.89. The van der Waals surface area contributed by atoms with Crippen molar-refractivity contribution in [3.8, 4) is 0 Å². The van der Waals surface area contributed by atoms with Gasteiger partial charge in [0.25, 0.3) is 0 Å². The zero-order chi connectivity index (χ0) is 17.3. The van der Waals surface area contributed by atoms with Gasteiger partial charge in [-0.3, -0.25) is 14.6 Å². The molecule has 4 nitrogen and oxygen atoms in total. The number of carbonyl (C=O) groups excluding carboxylic acids is 1. The number of carbonyl (C=O) groups is 1. The Hall–Kier alpha value is -1.39. The molecule has 1 aliphatic carbocycles. The molecule has 4 heteroatoms. The lowest BCUT2D eigenvalue weighted by molar-refractivity contribution is -0.129. The lowest BCUT2D eigenvalue weighted by Crippen LogP contribution is -2.58. The summed E-state index contributed by atoms with van der Waals surface area (Å²) in [6, 6.07) is 11.7. The molecule has 4 rings (SSSR count). The maximum absolute atomic E-state index is 12.5. The summed E-state index contributed by atoms with van der Waals surface area (Å²) in [5, 5.41) is 3.08. The molecule has 1 aromatic carbocycles. The first-order valence-electron chi connectivity index (χ1n) is 10.1. The second kappa shape index (κ2) is 7.08. The molecule has 0 unspecified atom stereocenters. The first kappa shape index (κ1) is 17.0. The van der Waals surface area contributed by atoms with Crippen LogP contribution in [0.3, 0.4) is 0 Å². The van der Waals surface area contributed by atoms with Crippen LogP contribution in [-0.2, 0) is 4.79 Å².